The minimum atomic E-state index is -0.238. The quantitative estimate of drug-likeness (QED) is 0.882. The Kier molecular flexibility index (Phi) is 5.00. The fraction of sp³-hybridized carbons (Fsp3) is 0.667. The van der Waals surface area contributed by atoms with Crippen molar-refractivity contribution in [3.8, 4) is 0 Å². The molecule has 17 heavy (non-hydrogen) atoms. The van der Waals surface area contributed by atoms with Gasteiger partial charge in [-0.15, -0.1) is 0 Å². The molecule has 1 rings (SSSR count). The normalized spacial score (nSPS) is 12.8. The third kappa shape index (κ3) is 3.22. The monoisotopic (exact) mass is 257 g/mol. The van der Waals surface area contributed by atoms with Crippen LogP contribution in [0, 0.1) is 5.92 Å². The summed E-state index contributed by atoms with van der Waals surface area (Å²) in [5, 5.41) is 7.57. The summed E-state index contributed by atoms with van der Waals surface area (Å²) in [6.45, 7) is 8.76. The van der Waals surface area contributed by atoms with Gasteiger partial charge in [-0.25, -0.2) is 4.68 Å². The Hall–Kier alpha value is -1.03. The van der Waals surface area contributed by atoms with Crippen LogP contribution in [0.2, 0.25) is 5.02 Å². The van der Waals surface area contributed by atoms with E-state index >= 15 is 0 Å². The number of halogens is 1. The third-order valence-electron chi connectivity index (χ3n) is 2.87. The minimum Gasteiger partial charge on any atom is -0.379 e. The maximum absolute atomic E-state index is 11.8. The number of nitrogens with one attached hydrogen (secondary N) is 1. The second-order valence-corrected chi connectivity index (χ2v) is 4.77. The van der Waals surface area contributed by atoms with Gasteiger partial charge in [0.05, 0.1) is 11.9 Å². The molecule has 0 saturated heterocycles. The van der Waals surface area contributed by atoms with Crippen molar-refractivity contribution < 1.29 is 0 Å². The van der Waals surface area contributed by atoms with Crippen LogP contribution in [0.1, 0.15) is 34.1 Å². The lowest BCUT2D eigenvalue weighted by Gasteiger charge is -2.22. The molecule has 0 bridgehead atoms. The zero-order valence-electron chi connectivity index (χ0n) is 10.8. The van der Waals surface area contributed by atoms with Gasteiger partial charge in [-0.1, -0.05) is 32.4 Å². The van der Waals surface area contributed by atoms with Gasteiger partial charge in [0.2, 0.25) is 0 Å². The van der Waals surface area contributed by atoms with Gasteiger partial charge in [0.1, 0.15) is 5.02 Å². The molecule has 1 heterocycles. The zero-order chi connectivity index (χ0) is 13.0. The highest BCUT2D eigenvalue weighted by Gasteiger charge is 2.14. The molecule has 0 amide bonds. The van der Waals surface area contributed by atoms with E-state index in [0.717, 1.165) is 6.42 Å². The van der Waals surface area contributed by atoms with Crippen molar-refractivity contribution in [2.75, 3.05) is 5.32 Å². The summed E-state index contributed by atoms with van der Waals surface area (Å²) in [4.78, 5) is 11.8. The molecule has 4 nitrogen and oxygen atoms in total. The first-order valence-electron chi connectivity index (χ1n) is 6.03. The fourth-order valence-electron chi connectivity index (χ4n) is 1.73. The lowest BCUT2D eigenvalue weighted by atomic mass is 10.0. The Labute approximate surface area is 107 Å². The predicted molar refractivity (Wildman–Crippen MR) is 71.7 cm³/mol. The van der Waals surface area contributed by atoms with Gasteiger partial charge in [0.25, 0.3) is 5.56 Å². The summed E-state index contributed by atoms with van der Waals surface area (Å²) in [6.07, 6.45) is 2.60. The van der Waals surface area contributed by atoms with Crippen LogP contribution in [0.15, 0.2) is 11.0 Å². The highest BCUT2D eigenvalue weighted by Crippen LogP contribution is 2.19. The van der Waals surface area contributed by atoms with E-state index in [2.05, 4.69) is 31.2 Å². The molecule has 5 heteroatoms. The SMILES string of the molecule is CCC(Nc1cnn(CC)c(=O)c1Cl)C(C)C. The molecule has 0 aromatic carbocycles. The summed E-state index contributed by atoms with van der Waals surface area (Å²) < 4.78 is 1.35. The van der Waals surface area contributed by atoms with Crippen LogP contribution < -0.4 is 10.9 Å². The van der Waals surface area contributed by atoms with E-state index in [1.807, 2.05) is 6.92 Å². The van der Waals surface area contributed by atoms with E-state index in [1.54, 1.807) is 6.20 Å². The van der Waals surface area contributed by atoms with Crippen molar-refractivity contribution in [3.63, 3.8) is 0 Å². The molecule has 0 saturated carbocycles. The van der Waals surface area contributed by atoms with Crippen LogP contribution in [-0.4, -0.2) is 15.8 Å². The summed E-state index contributed by atoms with van der Waals surface area (Å²) in [5.41, 5.74) is 0.389. The van der Waals surface area contributed by atoms with Crippen molar-refractivity contribution >= 4 is 17.3 Å². The van der Waals surface area contributed by atoms with Crippen molar-refractivity contribution in [2.24, 2.45) is 5.92 Å². The van der Waals surface area contributed by atoms with Gasteiger partial charge < -0.3 is 5.32 Å². The molecule has 0 aliphatic heterocycles. The van der Waals surface area contributed by atoms with E-state index < -0.39 is 0 Å². The standard InChI is InChI=1S/C12H20ClN3O/c1-5-9(8(3)4)15-10-7-14-16(6-2)12(17)11(10)13/h7-9,15H,5-6H2,1-4H3. The minimum absolute atomic E-state index is 0.223. The maximum atomic E-state index is 11.8. The molecular weight excluding hydrogens is 238 g/mol. The van der Waals surface area contributed by atoms with Gasteiger partial charge in [0.15, 0.2) is 0 Å². The van der Waals surface area contributed by atoms with E-state index in [9.17, 15) is 4.79 Å². The van der Waals surface area contributed by atoms with Crippen molar-refractivity contribution in [2.45, 2.75) is 46.7 Å². The number of aromatic nitrogens is 2. The molecule has 1 N–H and O–H groups in total. The van der Waals surface area contributed by atoms with Crippen LogP contribution in [0.3, 0.4) is 0 Å². The second kappa shape index (κ2) is 6.05. The van der Waals surface area contributed by atoms with E-state index in [4.69, 9.17) is 11.6 Å². The molecule has 0 spiro atoms. The highest BCUT2D eigenvalue weighted by molar-refractivity contribution is 6.32. The Balaban J connectivity index is 3.00. The van der Waals surface area contributed by atoms with Gasteiger partial charge in [-0.05, 0) is 19.3 Å². The molecule has 0 aliphatic rings. The summed E-state index contributed by atoms with van der Waals surface area (Å²) in [6, 6.07) is 0.297. The summed E-state index contributed by atoms with van der Waals surface area (Å²) in [7, 11) is 0. The molecule has 0 fully saturated rings. The number of nitrogens with zero attached hydrogens (tertiary/aromatic N) is 2. The van der Waals surface area contributed by atoms with Crippen molar-refractivity contribution in [1.82, 2.24) is 9.78 Å². The van der Waals surface area contributed by atoms with Crippen LogP contribution in [-0.2, 0) is 6.54 Å². The van der Waals surface area contributed by atoms with E-state index in [0.29, 0.717) is 24.2 Å². The highest BCUT2D eigenvalue weighted by atomic mass is 35.5. The second-order valence-electron chi connectivity index (χ2n) is 4.40. The topological polar surface area (TPSA) is 46.9 Å². The summed E-state index contributed by atoms with van der Waals surface area (Å²) in [5.74, 6) is 0.477. The van der Waals surface area contributed by atoms with E-state index in [1.165, 1.54) is 4.68 Å². The number of rotatable bonds is 5. The average molecular weight is 258 g/mol. The number of hydrogen-bond acceptors (Lipinski definition) is 3. The Morgan fingerprint density at radius 3 is 2.59 bits per heavy atom. The average Bonchev–Trinajstić information content (AvgIpc) is 2.30. The van der Waals surface area contributed by atoms with Gasteiger partial charge in [0, 0.05) is 12.6 Å². The fourth-order valence-corrected chi connectivity index (χ4v) is 1.93. The molecule has 1 aromatic heterocycles. The summed E-state index contributed by atoms with van der Waals surface area (Å²) >= 11 is 6.05. The van der Waals surface area contributed by atoms with Gasteiger partial charge in [-0.2, -0.15) is 5.10 Å². The number of hydrogen-bond donors (Lipinski definition) is 1. The number of aryl methyl sites for hydroxylation is 1. The van der Waals surface area contributed by atoms with Crippen LogP contribution >= 0.6 is 11.6 Å². The van der Waals surface area contributed by atoms with Crippen molar-refractivity contribution in [1.29, 1.82) is 0 Å². The Morgan fingerprint density at radius 1 is 1.47 bits per heavy atom. The number of anilines is 1. The largest absolute Gasteiger partial charge is 0.379 e. The smallest absolute Gasteiger partial charge is 0.287 e. The van der Waals surface area contributed by atoms with Gasteiger partial charge in [-0.3, -0.25) is 4.79 Å². The predicted octanol–water partition coefficient (Wildman–Crippen LogP) is 2.76. The van der Waals surface area contributed by atoms with Crippen LogP contribution in [0.4, 0.5) is 5.69 Å². The molecule has 1 aromatic rings. The molecule has 1 atom stereocenters. The lowest BCUT2D eigenvalue weighted by Crippen LogP contribution is -2.28. The van der Waals surface area contributed by atoms with Crippen LogP contribution in [0.25, 0.3) is 0 Å². The Morgan fingerprint density at radius 2 is 2.12 bits per heavy atom. The molecular formula is C12H20ClN3O. The first-order valence-corrected chi connectivity index (χ1v) is 6.41. The first kappa shape index (κ1) is 14.0. The lowest BCUT2D eigenvalue weighted by molar-refractivity contribution is 0.510. The van der Waals surface area contributed by atoms with E-state index in [-0.39, 0.29) is 10.6 Å². The van der Waals surface area contributed by atoms with Crippen LogP contribution in [0.5, 0.6) is 0 Å². The molecule has 0 aliphatic carbocycles. The first-order chi connectivity index (χ1) is 8.01. The molecule has 0 radical (unpaired) electrons. The third-order valence-corrected chi connectivity index (χ3v) is 3.24. The zero-order valence-corrected chi connectivity index (χ0v) is 11.6. The molecule has 1 unspecified atom stereocenters. The molecule has 96 valence electrons. The van der Waals surface area contributed by atoms with Gasteiger partial charge >= 0.3 is 0 Å². The van der Waals surface area contributed by atoms with Crippen molar-refractivity contribution in [3.05, 3.63) is 21.6 Å². The maximum Gasteiger partial charge on any atom is 0.287 e. The Bertz CT molecular complexity index is 428.